The standard InChI is InChI=1S/C15H16Cl2N2/c1-15(2,10-18)5-3-6-19-7-4-12-13(17)8-11(16)9-14(12)19/h4,7-9H,3,5-6H2,1-2H3. The SMILES string of the molecule is CC(C)(C#N)CCCn1ccc2c(Cl)cc(Cl)cc21. The molecule has 0 spiro atoms. The highest BCUT2D eigenvalue weighted by Crippen LogP contribution is 2.29. The predicted octanol–water partition coefficient (Wildman–Crippen LogP) is 5.28. The molecule has 1 heterocycles. The minimum Gasteiger partial charge on any atom is -0.347 e. The van der Waals surface area contributed by atoms with E-state index < -0.39 is 0 Å². The highest BCUT2D eigenvalue weighted by Gasteiger charge is 2.16. The lowest BCUT2D eigenvalue weighted by Gasteiger charge is -2.15. The van der Waals surface area contributed by atoms with Crippen LogP contribution in [0.4, 0.5) is 0 Å². The van der Waals surface area contributed by atoms with Crippen molar-refractivity contribution in [1.29, 1.82) is 5.26 Å². The van der Waals surface area contributed by atoms with Crippen LogP contribution in [0.25, 0.3) is 10.9 Å². The Kier molecular flexibility index (Phi) is 4.08. The molecule has 0 atom stereocenters. The highest BCUT2D eigenvalue weighted by molar-refractivity contribution is 6.38. The monoisotopic (exact) mass is 294 g/mol. The third-order valence-electron chi connectivity index (χ3n) is 3.31. The summed E-state index contributed by atoms with van der Waals surface area (Å²) in [6.07, 6.45) is 3.85. The van der Waals surface area contributed by atoms with Crippen LogP contribution in [-0.4, -0.2) is 4.57 Å². The van der Waals surface area contributed by atoms with Gasteiger partial charge in [0.1, 0.15) is 0 Å². The third kappa shape index (κ3) is 3.23. The Balaban J connectivity index is 2.16. The predicted molar refractivity (Wildman–Crippen MR) is 80.6 cm³/mol. The van der Waals surface area contributed by atoms with Gasteiger partial charge in [-0.15, -0.1) is 0 Å². The van der Waals surface area contributed by atoms with Crippen molar-refractivity contribution in [2.45, 2.75) is 33.2 Å². The molecule has 0 radical (unpaired) electrons. The van der Waals surface area contributed by atoms with Gasteiger partial charge in [-0.1, -0.05) is 23.2 Å². The number of benzene rings is 1. The van der Waals surface area contributed by atoms with E-state index in [9.17, 15) is 0 Å². The summed E-state index contributed by atoms with van der Waals surface area (Å²) in [5, 5.41) is 11.4. The van der Waals surface area contributed by atoms with Gasteiger partial charge in [-0.05, 0) is 44.9 Å². The lowest BCUT2D eigenvalue weighted by molar-refractivity contribution is 0.418. The number of nitrogens with zero attached hydrogens (tertiary/aromatic N) is 2. The van der Waals surface area contributed by atoms with E-state index in [2.05, 4.69) is 10.6 Å². The summed E-state index contributed by atoms with van der Waals surface area (Å²) in [7, 11) is 0. The fourth-order valence-corrected chi connectivity index (χ4v) is 2.71. The molecule has 2 rings (SSSR count). The van der Waals surface area contributed by atoms with Gasteiger partial charge >= 0.3 is 0 Å². The van der Waals surface area contributed by atoms with Crippen LogP contribution in [0, 0.1) is 16.7 Å². The molecular formula is C15H16Cl2N2. The molecule has 1 aromatic carbocycles. The third-order valence-corrected chi connectivity index (χ3v) is 3.84. The zero-order chi connectivity index (χ0) is 14.0. The second kappa shape index (κ2) is 5.45. The Labute approximate surface area is 123 Å². The van der Waals surface area contributed by atoms with Gasteiger partial charge in [-0.3, -0.25) is 0 Å². The molecule has 0 aliphatic rings. The molecule has 0 N–H and O–H groups in total. The van der Waals surface area contributed by atoms with Gasteiger partial charge in [0.15, 0.2) is 0 Å². The normalized spacial score (nSPS) is 11.7. The maximum absolute atomic E-state index is 9.00. The van der Waals surface area contributed by atoms with Crippen LogP contribution >= 0.6 is 23.2 Å². The summed E-state index contributed by atoms with van der Waals surface area (Å²) < 4.78 is 2.14. The van der Waals surface area contributed by atoms with Crippen LogP contribution in [0.15, 0.2) is 24.4 Å². The molecule has 100 valence electrons. The zero-order valence-electron chi connectivity index (χ0n) is 11.1. The summed E-state index contributed by atoms with van der Waals surface area (Å²) in [6.45, 7) is 4.80. The highest BCUT2D eigenvalue weighted by atomic mass is 35.5. The Morgan fingerprint density at radius 3 is 2.74 bits per heavy atom. The fourth-order valence-electron chi connectivity index (χ4n) is 2.16. The van der Waals surface area contributed by atoms with Crippen molar-refractivity contribution in [3.05, 3.63) is 34.4 Å². The smallest absolute Gasteiger partial charge is 0.0683 e. The van der Waals surface area contributed by atoms with Gasteiger partial charge in [-0.2, -0.15) is 5.26 Å². The van der Waals surface area contributed by atoms with E-state index >= 15 is 0 Å². The van der Waals surface area contributed by atoms with Gasteiger partial charge in [-0.25, -0.2) is 0 Å². The van der Waals surface area contributed by atoms with Crippen molar-refractivity contribution in [1.82, 2.24) is 4.57 Å². The zero-order valence-corrected chi connectivity index (χ0v) is 12.6. The summed E-state index contributed by atoms with van der Waals surface area (Å²) >= 11 is 12.2. The molecule has 19 heavy (non-hydrogen) atoms. The first-order valence-electron chi connectivity index (χ1n) is 6.28. The van der Waals surface area contributed by atoms with Crippen LogP contribution < -0.4 is 0 Å². The molecule has 0 fully saturated rings. The van der Waals surface area contributed by atoms with Gasteiger partial charge in [0.25, 0.3) is 0 Å². The summed E-state index contributed by atoms with van der Waals surface area (Å²) in [6, 6.07) is 8.02. The van der Waals surface area contributed by atoms with Crippen LogP contribution in [0.2, 0.25) is 10.0 Å². The molecule has 0 saturated carbocycles. The van der Waals surface area contributed by atoms with E-state index in [-0.39, 0.29) is 5.41 Å². The summed E-state index contributed by atoms with van der Waals surface area (Å²) in [5.41, 5.74) is 0.783. The first kappa shape index (κ1) is 14.2. The molecule has 0 bridgehead atoms. The Hall–Kier alpha value is -1.17. The molecular weight excluding hydrogens is 279 g/mol. The van der Waals surface area contributed by atoms with E-state index in [4.69, 9.17) is 28.5 Å². The lowest BCUT2D eigenvalue weighted by atomic mass is 9.90. The number of hydrogen-bond donors (Lipinski definition) is 0. The van der Waals surface area contributed by atoms with E-state index in [1.54, 1.807) is 6.07 Å². The molecule has 0 amide bonds. The van der Waals surface area contributed by atoms with Gasteiger partial charge < -0.3 is 4.57 Å². The number of fused-ring (bicyclic) bond motifs is 1. The molecule has 0 saturated heterocycles. The number of aromatic nitrogens is 1. The van der Waals surface area contributed by atoms with Crippen LogP contribution in [0.5, 0.6) is 0 Å². The molecule has 1 aromatic heterocycles. The first-order valence-corrected chi connectivity index (χ1v) is 7.04. The van der Waals surface area contributed by atoms with Crippen molar-refractivity contribution in [3.8, 4) is 6.07 Å². The quantitative estimate of drug-likeness (QED) is 0.754. The molecule has 4 heteroatoms. The number of halogens is 2. The summed E-state index contributed by atoms with van der Waals surface area (Å²) in [5.74, 6) is 0. The van der Waals surface area contributed by atoms with E-state index in [0.717, 1.165) is 30.3 Å². The molecule has 2 aromatic rings. The van der Waals surface area contributed by atoms with Crippen molar-refractivity contribution >= 4 is 34.1 Å². The maximum Gasteiger partial charge on any atom is 0.0683 e. The van der Waals surface area contributed by atoms with Gasteiger partial charge in [0.2, 0.25) is 0 Å². The largest absolute Gasteiger partial charge is 0.347 e. The molecule has 0 aliphatic heterocycles. The van der Waals surface area contributed by atoms with E-state index in [1.807, 2.05) is 32.2 Å². The van der Waals surface area contributed by atoms with Crippen LogP contribution in [-0.2, 0) is 6.54 Å². The lowest BCUT2D eigenvalue weighted by Crippen LogP contribution is -2.09. The number of hydrogen-bond acceptors (Lipinski definition) is 1. The van der Waals surface area contributed by atoms with Gasteiger partial charge in [0.05, 0.1) is 22.0 Å². The Bertz CT molecular complexity index is 635. The second-order valence-corrected chi connectivity index (χ2v) is 6.27. The fraction of sp³-hybridized carbons (Fsp3) is 0.400. The topological polar surface area (TPSA) is 28.7 Å². The van der Waals surface area contributed by atoms with Crippen molar-refractivity contribution < 1.29 is 0 Å². The van der Waals surface area contributed by atoms with E-state index in [0.29, 0.717) is 10.0 Å². The van der Waals surface area contributed by atoms with Gasteiger partial charge in [0, 0.05) is 23.2 Å². The average molecular weight is 295 g/mol. The minimum atomic E-state index is -0.266. The summed E-state index contributed by atoms with van der Waals surface area (Å²) in [4.78, 5) is 0. The number of aryl methyl sites for hydroxylation is 1. The first-order chi connectivity index (χ1) is 8.93. The maximum atomic E-state index is 9.00. The molecule has 2 nitrogen and oxygen atoms in total. The minimum absolute atomic E-state index is 0.266. The second-order valence-electron chi connectivity index (χ2n) is 5.43. The van der Waals surface area contributed by atoms with Crippen molar-refractivity contribution in [3.63, 3.8) is 0 Å². The Morgan fingerprint density at radius 2 is 2.05 bits per heavy atom. The van der Waals surface area contributed by atoms with Crippen molar-refractivity contribution in [2.75, 3.05) is 0 Å². The number of rotatable bonds is 4. The number of nitriles is 1. The Morgan fingerprint density at radius 1 is 1.32 bits per heavy atom. The van der Waals surface area contributed by atoms with Crippen molar-refractivity contribution in [2.24, 2.45) is 5.41 Å². The van der Waals surface area contributed by atoms with E-state index in [1.165, 1.54) is 0 Å². The van der Waals surface area contributed by atoms with Crippen LogP contribution in [0.3, 0.4) is 0 Å². The average Bonchev–Trinajstić information content (AvgIpc) is 2.73. The van der Waals surface area contributed by atoms with Crippen LogP contribution in [0.1, 0.15) is 26.7 Å². The molecule has 0 unspecified atom stereocenters. The molecule has 0 aliphatic carbocycles.